The Morgan fingerprint density at radius 1 is 0.947 bits per heavy atom. The second-order valence-corrected chi connectivity index (χ2v) is 11.6. The molecule has 0 radical (unpaired) electrons. The molecule has 0 spiro atoms. The Morgan fingerprint density at radius 2 is 1.61 bits per heavy atom. The molecule has 0 saturated heterocycles. The SMILES string of the molecule is Cc1ccccc1CSCC(=O)N(Cc1c(Cl)cccc1Cl)C(Cc1ccccc1)C(=O)NC1CCCC1. The molecule has 7 heteroatoms. The maximum atomic E-state index is 13.9. The highest BCUT2D eigenvalue weighted by Gasteiger charge is 2.32. The van der Waals surface area contributed by atoms with Crippen LogP contribution in [0.2, 0.25) is 10.0 Å². The lowest BCUT2D eigenvalue weighted by molar-refractivity contribution is -0.139. The number of amides is 2. The Bertz CT molecular complexity index is 1210. The number of carbonyl (C=O) groups is 2. The maximum Gasteiger partial charge on any atom is 0.243 e. The zero-order chi connectivity index (χ0) is 26.9. The minimum Gasteiger partial charge on any atom is -0.352 e. The second-order valence-electron chi connectivity index (χ2n) is 9.84. The monoisotopic (exact) mass is 568 g/mol. The van der Waals surface area contributed by atoms with Gasteiger partial charge in [0.1, 0.15) is 6.04 Å². The van der Waals surface area contributed by atoms with Crippen LogP contribution in [-0.2, 0) is 28.3 Å². The van der Waals surface area contributed by atoms with E-state index in [1.54, 1.807) is 34.9 Å². The molecule has 2 amide bonds. The number of halogens is 2. The van der Waals surface area contributed by atoms with Gasteiger partial charge in [-0.1, -0.05) is 96.7 Å². The first-order valence-electron chi connectivity index (χ1n) is 13.1. The predicted octanol–water partition coefficient (Wildman–Crippen LogP) is 7.23. The summed E-state index contributed by atoms with van der Waals surface area (Å²) in [7, 11) is 0. The van der Waals surface area contributed by atoms with Crippen LogP contribution >= 0.6 is 35.0 Å². The first-order valence-corrected chi connectivity index (χ1v) is 15.0. The van der Waals surface area contributed by atoms with Crippen LogP contribution in [0.1, 0.15) is 47.9 Å². The van der Waals surface area contributed by atoms with Crippen LogP contribution in [0.4, 0.5) is 0 Å². The predicted molar refractivity (Wildman–Crippen MR) is 159 cm³/mol. The van der Waals surface area contributed by atoms with Crippen molar-refractivity contribution in [1.82, 2.24) is 10.2 Å². The number of nitrogens with one attached hydrogen (secondary N) is 1. The van der Waals surface area contributed by atoms with Gasteiger partial charge in [0, 0.05) is 40.4 Å². The third kappa shape index (κ3) is 7.78. The molecule has 4 nitrogen and oxygen atoms in total. The Morgan fingerprint density at radius 3 is 2.29 bits per heavy atom. The number of thioether (sulfide) groups is 1. The van der Waals surface area contributed by atoms with Gasteiger partial charge in [-0.25, -0.2) is 0 Å². The highest BCUT2D eigenvalue weighted by molar-refractivity contribution is 7.99. The quantitative estimate of drug-likeness (QED) is 0.265. The fraction of sp³-hybridized carbons (Fsp3) is 0.355. The smallest absolute Gasteiger partial charge is 0.243 e. The normalized spacial score (nSPS) is 14.3. The van der Waals surface area contributed by atoms with E-state index in [1.807, 2.05) is 42.5 Å². The molecule has 1 aliphatic carbocycles. The van der Waals surface area contributed by atoms with Crippen molar-refractivity contribution < 1.29 is 9.59 Å². The van der Waals surface area contributed by atoms with Gasteiger partial charge in [-0.15, -0.1) is 11.8 Å². The average molecular weight is 570 g/mol. The number of nitrogens with zero attached hydrogens (tertiary/aromatic N) is 1. The molecule has 0 bridgehead atoms. The number of benzene rings is 3. The van der Waals surface area contributed by atoms with Crippen molar-refractivity contribution in [2.75, 3.05) is 5.75 Å². The minimum atomic E-state index is -0.683. The first-order chi connectivity index (χ1) is 18.4. The molecule has 1 fully saturated rings. The number of carbonyl (C=O) groups excluding carboxylic acids is 2. The van der Waals surface area contributed by atoms with Gasteiger partial charge in [0.05, 0.1) is 5.75 Å². The van der Waals surface area contributed by atoms with Crippen molar-refractivity contribution in [2.45, 2.75) is 63.4 Å². The molecule has 200 valence electrons. The van der Waals surface area contributed by atoms with Gasteiger partial charge in [0.15, 0.2) is 0 Å². The van der Waals surface area contributed by atoms with Gasteiger partial charge in [-0.05, 0) is 48.6 Å². The molecule has 3 aromatic carbocycles. The molecule has 4 rings (SSSR count). The van der Waals surface area contributed by atoms with Crippen LogP contribution in [0.25, 0.3) is 0 Å². The van der Waals surface area contributed by atoms with Gasteiger partial charge >= 0.3 is 0 Å². The molecule has 1 unspecified atom stereocenters. The van der Waals surface area contributed by atoms with Gasteiger partial charge in [0.2, 0.25) is 11.8 Å². The van der Waals surface area contributed by atoms with Gasteiger partial charge in [0.25, 0.3) is 0 Å². The summed E-state index contributed by atoms with van der Waals surface area (Å²) in [6.45, 7) is 2.24. The molecule has 38 heavy (non-hydrogen) atoms. The van der Waals surface area contributed by atoms with E-state index < -0.39 is 6.04 Å². The van der Waals surface area contributed by atoms with E-state index in [-0.39, 0.29) is 30.2 Å². The van der Waals surface area contributed by atoms with Crippen LogP contribution in [0, 0.1) is 6.92 Å². The number of rotatable bonds is 11. The summed E-state index contributed by atoms with van der Waals surface area (Å²) < 4.78 is 0. The summed E-state index contributed by atoms with van der Waals surface area (Å²) in [4.78, 5) is 29.3. The van der Waals surface area contributed by atoms with E-state index in [9.17, 15) is 9.59 Å². The van der Waals surface area contributed by atoms with E-state index >= 15 is 0 Å². The molecule has 0 aromatic heterocycles. The summed E-state index contributed by atoms with van der Waals surface area (Å²) in [5.74, 6) is 0.734. The summed E-state index contributed by atoms with van der Waals surface area (Å²) in [6, 6.07) is 22.8. The van der Waals surface area contributed by atoms with Crippen molar-refractivity contribution in [3.05, 3.63) is 105 Å². The van der Waals surface area contributed by atoms with Gasteiger partial charge in [-0.2, -0.15) is 0 Å². The van der Waals surface area contributed by atoms with E-state index in [2.05, 4.69) is 24.4 Å². The number of hydrogen-bond donors (Lipinski definition) is 1. The van der Waals surface area contributed by atoms with Gasteiger partial charge in [-0.3, -0.25) is 9.59 Å². The average Bonchev–Trinajstić information content (AvgIpc) is 3.42. The Balaban J connectivity index is 1.61. The van der Waals surface area contributed by atoms with Crippen molar-refractivity contribution in [3.8, 4) is 0 Å². The van der Waals surface area contributed by atoms with Gasteiger partial charge < -0.3 is 10.2 Å². The standard InChI is InChI=1S/C31H34Cl2N2O2S/c1-22-10-5-6-13-24(22)20-38-21-30(36)35(19-26-27(32)16-9-17-28(26)33)29(18-23-11-3-2-4-12-23)31(37)34-25-14-7-8-15-25/h2-6,9-13,16-17,25,29H,7-8,14-15,18-21H2,1H3,(H,34,37). The topological polar surface area (TPSA) is 49.4 Å². The molecule has 0 aliphatic heterocycles. The zero-order valence-corrected chi connectivity index (χ0v) is 24.0. The molecule has 1 atom stereocenters. The molecule has 1 saturated carbocycles. The highest BCUT2D eigenvalue weighted by Crippen LogP contribution is 2.28. The van der Waals surface area contributed by atoms with Crippen molar-refractivity contribution in [1.29, 1.82) is 0 Å². The zero-order valence-electron chi connectivity index (χ0n) is 21.7. The van der Waals surface area contributed by atoms with Crippen molar-refractivity contribution >= 4 is 46.8 Å². The molecule has 1 aliphatic rings. The van der Waals surface area contributed by atoms with E-state index in [4.69, 9.17) is 23.2 Å². The minimum absolute atomic E-state index is 0.109. The van der Waals surface area contributed by atoms with Crippen LogP contribution in [0.5, 0.6) is 0 Å². The third-order valence-electron chi connectivity index (χ3n) is 7.11. The molecular weight excluding hydrogens is 535 g/mol. The number of hydrogen-bond acceptors (Lipinski definition) is 3. The summed E-state index contributed by atoms with van der Waals surface area (Å²) in [5.41, 5.74) is 4.05. The lowest BCUT2D eigenvalue weighted by Crippen LogP contribution is -2.52. The third-order valence-corrected chi connectivity index (χ3v) is 8.78. The fourth-order valence-corrected chi connectivity index (χ4v) is 6.38. The van der Waals surface area contributed by atoms with Crippen LogP contribution < -0.4 is 5.32 Å². The first kappa shape index (κ1) is 28.5. The molecule has 1 N–H and O–H groups in total. The lowest BCUT2D eigenvalue weighted by Gasteiger charge is -2.33. The highest BCUT2D eigenvalue weighted by atomic mass is 35.5. The molecule has 3 aromatic rings. The lowest BCUT2D eigenvalue weighted by atomic mass is 10.0. The van der Waals surface area contributed by atoms with Crippen LogP contribution in [0.15, 0.2) is 72.8 Å². The summed E-state index contributed by atoms with van der Waals surface area (Å²) in [5, 5.41) is 4.20. The second kappa shape index (κ2) is 14.1. The Hall–Kier alpha value is -2.47. The number of aryl methyl sites for hydroxylation is 1. The fourth-order valence-electron chi connectivity index (χ4n) is 4.88. The largest absolute Gasteiger partial charge is 0.352 e. The molecule has 0 heterocycles. The van der Waals surface area contributed by atoms with Crippen molar-refractivity contribution in [3.63, 3.8) is 0 Å². The van der Waals surface area contributed by atoms with E-state index in [1.165, 1.54) is 11.1 Å². The maximum absolute atomic E-state index is 13.9. The van der Waals surface area contributed by atoms with Crippen LogP contribution in [0.3, 0.4) is 0 Å². The molecular formula is C31H34Cl2N2O2S. The van der Waals surface area contributed by atoms with E-state index in [0.717, 1.165) is 37.0 Å². The summed E-state index contributed by atoms with van der Waals surface area (Å²) in [6.07, 6.45) is 4.58. The van der Waals surface area contributed by atoms with Crippen molar-refractivity contribution in [2.24, 2.45) is 0 Å². The summed E-state index contributed by atoms with van der Waals surface area (Å²) >= 11 is 14.6. The Kier molecular flexibility index (Phi) is 10.6. The Labute approximate surface area is 240 Å². The van der Waals surface area contributed by atoms with Crippen LogP contribution in [-0.4, -0.2) is 34.6 Å². The van der Waals surface area contributed by atoms with E-state index in [0.29, 0.717) is 22.0 Å².